The molecule has 0 amide bonds. The van der Waals surface area contributed by atoms with Gasteiger partial charge >= 0.3 is 0 Å². The molecule has 1 rings (SSSR count). The van der Waals surface area contributed by atoms with E-state index in [1.165, 1.54) is 6.42 Å². The summed E-state index contributed by atoms with van der Waals surface area (Å²) < 4.78 is 0. The lowest BCUT2D eigenvalue weighted by atomic mass is 9.75. The zero-order valence-corrected chi connectivity index (χ0v) is 9.18. The van der Waals surface area contributed by atoms with E-state index >= 15 is 0 Å². The Kier molecular flexibility index (Phi) is 2.81. The molecule has 2 nitrogen and oxygen atoms in total. The Morgan fingerprint density at radius 1 is 1.38 bits per heavy atom. The summed E-state index contributed by atoms with van der Waals surface area (Å²) in [7, 11) is 0. The van der Waals surface area contributed by atoms with Gasteiger partial charge in [0.2, 0.25) is 0 Å². The van der Waals surface area contributed by atoms with Crippen LogP contribution in [0.25, 0.3) is 0 Å². The van der Waals surface area contributed by atoms with E-state index < -0.39 is 0 Å². The van der Waals surface area contributed by atoms with Gasteiger partial charge in [-0.05, 0) is 39.5 Å². The second-order valence-corrected chi connectivity index (χ2v) is 5.45. The highest BCUT2D eigenvalue weighted by Crippen LogP contribution is 2.33. The van der Waals surface area contributed by atoms with E-state index in [1.807, 2.05) is 0 Å². The van der Waals surface area contributed by atoms with Crippen molar-refractivity contribution in [2.24, 2.45) is 5.92 Å². The van der Waals surface area contributed by atoms with Crippen molar-refractivity contribution in [3.8, 4) is 0 Å². The number of piperidine rings is 1. The van der Waals surface area contributed by atoms with Gasteiger partial charge in [0.25, 0.3) is 0 Å². The van der Waals surface area contributed by atoms with Gasteiger partial charge in [0, 0.05) is 17.5 Å². The van der Waals surface area contributed by atoms with Gasteiger partial charge in [-0.15, -0.1) is 0 Å². The van der Waals surface area contributed by atoms with Crippen LogP contribution in [0.3, 0.4) is 0 Å². The number of carbonyl (C=O) groups is 1. The highest BCUT2D eigenvalue weighted by atomic mass is 16.1. The second-order valence-electron chi connectivity index (χ2n) is 5.45. The molecule has 1 aliphatic rings. The minimum absolute atomic E-state index is 0.0168. The molecular weight excluding hydrogens is 162 g/mol. The fraction of sp³-hybridized carbons (Fsp3) is 0.909. The summed E-state index contributed by atoms with van der Waals surface area (Å²) in [5.41, 5.74) is 0.193. The lowest BCUT2D eigenvalue weighted by Crippen LogP contribution is -2.59. The summed E-state index contributed by atoms with van der Waals surface area (Å²) in [4.78, 5) is 10.6. The molecule has 0 aromatic rings. The molecule has 1 heterocycles. The molecule has 0 bridgehead atoms. The van der Waals surface area contributed by atoms with Crippen LogP contribution in [0.5, 0.6) is 0 Å². The molecule has 0 radical (unpaired) electrons. The smallest absolute Gasteiger partial charge is 0.121 e. The van der Waals surface area contributed by atoms with Crippen molar-refractivity contribution in [2.45, 2.75) is 58.0 Å². The Balaban J connectivity index is 2.71. The number of hydrogen-bond donors (Lipinski definition) is 1. The molecule has 0 aromatic carbocycles. The Hall–Kier alpha value is -0.370. The van der Waals surface area contributed by atoms with Gasteiger partial charge in [0.05, 0.1) is 0 Å². The Labute approximate surface area is 81.1 Å². The number of carbonyl (C=O) groups excluding carboxylic acids is 1. The fourth-order valence-corrected chi connectivity index (χ4v) is 2.95. The van der Waals surface area contributed by atoms with Crippen LogP contribution in [-0.4, -0.2) is 17.4 Å². The summed E-state index contributed by atoms with van der Waals surface area (Å²) in [6.07, 6.45) is 3.96. The zero-order chi connectivity index (χ0) is 10.1. The van der Waals surface area contributed by atoms with Gasteiger partial charge in [-0.2, -0.15) is 0 Å². The molecule has 13 heavy (non-hydrogen) atoms. The first-order valence-electron chi connectivity index (χ1n) is 5.10. The van der Waals surface area contributed by atoms with Crippen LogP contribution >= 0.6 is 0 Å². The lowest BCUT2D eigenvalue weighted by Gasteiger charge is -2.46. The molecule has 76 valence electrons. The van der Waals surface area contributed by atoms with Gasteiger partial charge < -0.3 is 10.1 Å². The zero-order valence-electron chi connectivity index (χ0n) is 9.18. The van der Waals surface area contributed by atoms with E-state index in [9.17, 15) is 4.79 Å². The predicted molar refractivity (Wildman–Crippen MR) is 54.7 cm³/mol. The van der Waals surface area contributed by atoms with Crippen LogP contribution in [-0.2, 0) is 4.79 Å². The monoisotopic (exact) mass is 183 g/mol. The molecule has 2 heteroatoms. The van der Waals surface area contributed by atoms with Crippen molar-refractivity contribution < 1.29 is 4.79 Å². The van der Waals surface area contributed by atoms with Crippen LogP contribution in [0.1, 0.15) is 47.0 Å². The SMILES string of the molecule is CC1CC(C)(C)NC(C)(CC=O)C1. The summed E-state index contributed by atoms with van der Waals surface area (Å²) in [6.45, 7) is 8.85. The maximum Gasteiger partial charge on any atom is 0.121 e. The van der Waals surface area contributed by atoms with Crippen molar-refractivity contribution >= 4 is 6.29 Å². The molecule has 2 atom stereocenters. The van der Waals surface area contributed by atoms with Gasteiger partial charge in [-0.25, -0.2) is 0 Å². The van der Waals surface area contributed by atoms with Crippen molar-refractivity contribution in [1.29, 1.82) is 0 Å². The third-order valence-electron chi connectivity index (χ3n) is 2.83. The molecular formula is C11H21NO. The van der Waals surface area contributed by atoms with Crippen LogP contribution in [0.2, 0.25) is 0 Å². The lowest BCUT2D eigenvalue weighted by molar-refractivity contribution is -0.109. The Morgan fingerprint density at radius 3 is 2.46 bits per heavy atom. The minimum atomic E-state index is 0.0168. The van der Waals surface area contributed by atoms with Crippen molar-refractivity contribution in [3.05, 3.63) is 0 Å². The summed E-state index contributed by atoms with van der Waals surface area (Å²) in [5.74, 6) is 0.709. The van der Waals surface area contributed by atoms with Gasteiger partial charge in [0.15, 0.2) is 0 Å². The summed E-state index contributed by atoms with van der Waals surface area (Å²) in [5, 5.41) is 3.57. The van der Waals surface area contributed by atoms with Crippen LogP contribution in [0.4, 0.5) is 0 Å². The fourth-order valence-electron chi connectivity index (χ4n) is 2.95. The van der Waals surface area contributed by atoms with E-state index in [0.29, 0.717) is 12.3 Å². The van der Waals surface area contributed by atoms with Crippen LogP contribution in [0, 0.1) is 5.92 Å². The third kappa shape index (κ3) is 2.80. The number of aldehydes is 1. The molecule has 0 spiro atoms. The standard InChI is InChI=1S/C11H21NO/c1-9-7-10(2,3)12-11(4,8-9)5-6-13/h6,9,12H,5,7-8H2,1-4H3. The van der Waals surface area contributed by atoms with Gasteiger partial charge in [0.1, 0.15) is 6.29 Å². The van der Waals surface area contributed by atoms with Crippen molar-refractivity contribution in [1.82, 2.24) is 5.32 Å². The molecule has 0 aromatic heterocycles. The van der Waals surface area contributed by atoms with Crippen molar-refractivity contribution in [3.63, 3.8) is 0 Å². The normalized spacial score (nSPS) is 38.6. The minimum Gasteiger partial charge on any atom is -0.306 e. The van der Waals surface area contributed by atoms with E-state index in [-0.39, 0.29) is 11.1 Å². The highest BCUT2D eigenvalue weighted by Gasteiger charge is 2.38. The molecule has 2 unspecified atom stereocenters. The third-order valence-corrected chi connectivity index (χ3v) is 2.83. The average molecular weight is 183 g/mol. The van der Waals surface area contributed by atoms with Crippen LogP contribution in [0.15, 0.2) is 0 Å². The largest absolute Gasteiger partial charge is 0.306 e. The number of rotatable bonds is 2. The quantitative estimate of drug-likeness (QED) is 0.664. The van der Waals surface area contributed by atoms with Gasteiger partial charge in [-0.3, -0.25) is 0 Å². The van der Waals surface area contributed by atoms with Gasteiger partial charge in [-0.1, -0.05) is 6.92 Å². The van der Waals surface area contributed by atoms with E-state index in [0.717, 1.165) is 12.7 Å². The molecule has 1 aliphatic heterocycles. The first-order valence-corrected chi connectivity index (χ1v) is 5.10. The summed E-state index contributed by atoms with van der Waals surface area (Å²) in [6, 6.07) is 0. The predicted octanol–water partition coefficient (Wildman–Crippen LogP) is 2.13. The average Bonchev–Trinajstić information content (AvgIpc) is 1.78. The highest BCUT2D eigenvalue weighted by molar-refractivity contribution is 5.51. The number of nitrogens with one attached hydrogen (secondary N) is 1. The topological polar surface area (TPSA) is 29.1 Å². The van der Waals surface area contributed by atoms with E-state index in [2.05, 4.69) is 33.0 Å². The molecule has 0 saturated carbocycles. The van der Waals surface area contributed by atoms with Crippen molar-refractivity contribution in [2.75, 3.05) is 0 Å². The molecule has 1 fully saturated rings. The first-order chi connectivity index (χ1) is 5.87. The molecule has 1 saturated heterocycles. The van der Waals surface area contributed by atoms with Crippen LogP contribution < -0.4 is 5.32 Å². The number of hydrogen-bond acceptors (Lipinski definition) is 2. The first kappa shape index (κ1) is 10.7. The van der Waals surface area contributed by atoms with E-state index in [4.69, 9.17) is 0 Å². The molecule has 0 aliphatic carbocycles. The Bertz CT molecular complexity index is 200. The maximum absolute atomic E-state index is 10.6. The maximum atomic E-state index is 10.6. The molecule has 1 N–H and O–H groups in total. The van der Waals surface area contributed by atoms with E-state index in [1.54, 1.807) is 0 Å². The summed E-state index contributed by atoms with van der Waals surface area (Å²) >= 11 is 0. The second kappa shape index (κ2) is 3.41. The Morgan fingerprint density at radius 2 is 2.00 bits per heavy atom.